The topological polar surface area (TPSA) is 187 Å². The molecule has 2 aliphatic carbocycles. The molecular formula is C41H61N3O12. The molecule has 1 aromatic carbocycles. The molecule has 0 spiro atoms. The maximum absolute atomic E-state index is 13.9. The van der Waals surface area contributed by atoms with Gasteiger partial charge in [0.1, 0.15) is 17.5 Å². The highest BCUT2D eigenvalue weighted by atomic mass is 16.8. The van der Waals surface area contributed by atoms with Crippen molar-refractivity contribution in [3.05, 3.63) is 48.1 Å². The Balaban J connectivity index is 1.75. The zero-order valence-corrected chi connectivity index (χ0v) is 32.9. The van der Waals surface area contributed by atoms with Gasteiger partial charge in [-0.25, -0.2) is 9.59 Å². The number of ether oxygens (including phenoxy) is 6. The van der Waals surface area contributed by atoms with Crippen molar-refractivity contribution >= 4 is 17.9 Å². The van der Waals surface area contributed by atoms with Crippen LogP contribution in [-0.4, -0.2) is 123 Å². The number of oxime groups is 1. The smallest absolute Gasteiger partial charge is 0.412 e. The average molecular weight is 788 g/mol. The minimum atomic E-state index is -1.50. The third-order valence-corrected chi connectivity index (χ3v) is 11.1. The van der Waals surface area contributed by atoms with Gasteiger partial charge in [0.05, 0.1) is 51.8 Å². The van der Waals surface area contributed by atoms with E-state index in [0.717, 1.165) is 49.7 Å². The number of unbranched alkanes of at least 4 members (excludes halogenated alkanes) is 2. The predicted octanol–water partition coefficient (Wildman–Crippen LogP) is 5.03. The number of aliphatic hydroxyl groups is 3. The van der Waals surface area contributed by atoms with Crippen molar-refractivity contribution in [1.29, 1.82) is 0 Å². The molecule has 15 heteroatoms. The maximum atomic E-state index is 13.9. The van der Waals surface area contributed by atoms with Gasteiger partial charge in [0, 0.05) is 50.6 Å². The number of amides is 2. The van der Waals surface area contributed by atoms with Gasteiger partial charge in [-0.3, -0.25) is 4.90 Å². The Morgan fingerprint density at radius 1 is 1.09 bits per heavy atom. The highest BCUT2D eigenvalue weighted by Gasteiger charge is 2.65. The van der Waals surface area contributed by atoms with Crippen LogP contribution < -0.4 is 14.8 Å². The van der Waals surface area contributed by atoms with Gasteiger partial charge in [0.25, 0.3) is 0 Å². The lowest BCUT2D eigenvalue weighted by Crippen LogP contribution is -2.70. The number of nitrogens with one attached hydrogen (secondary N) is 1. The van der Waals surface area contributed by atoms with E-state index in [2.05, 4.69) is 18.0 Å². The first kappa shape index (κ1) is 43.4. The highest BCUT2D eigenvalue weighted by Crippen LogP contribution is 2.62. The van der Waals surface area contributed by atoms with Crippen LogP contribution in [0.25, 0.3) is 0 Å². The van der Waals surface area contributed by atoms with Crippen LogP contribution in [0, 0.1) is 17.8 Å². The molecule has 0 bridgehead atoms. The summed E-state index contributed by atoms with van der Waals surface area (Å²) in [5, 5.41) is 36.6. The zero-order valence-electron chi connectivity index (χ0n) is 32.9. The first-order valence-corrected chi connectivity index (χ1v) is 20.2. The van der Waals surface area contributed by atoms with Gasteiger partial charge >= 0.3 is 12.2 Å². The fourth-order valence-corrected chi connectivity index (χ4v) is 8.74. The van der Waals surface area contributed by atoms with E-state index in [9.17, 15) is 24.9 Å². The summed E-state index contributed by atoms with van der Waals surface area (Å²) in [5.74, 6) is -1.54. The minimum Gasteiger partial charge on any atom is -0.459 e. The van der Waals surface area contributed by atoms with E-state index in [1.807, 2.05) is 13.0 Å². The average Bonchev–Trinajstić information content (AvgIpc) is 3.21. The number of carbonyl (C=O) groups excluding carboxylic acids is 2. The molecule has 1 aromatic rings. The van der Waals surface area contributed by atoms with E-state index in [0.29, 0.717) is 49.6 Å². The van der Waals surface area contributed by atoms with Crippen LogP contribution in [-0.2, 0) is 23.8 Å². The van der Waals surface area contributed by atoms with Crippen LogP contribution in [0.15, 0.2) is 47.7 Å². The Morgan fingerprint density at radius 2 is 1.89 bits per heavy atom. The summed E-state index contributed by atoms with van der Waals surface area (Å²) >= 11 is 0. The van der Waals surface area contributed by atoms with Crippen LogP contribution in [0.4, 0.5) is 9.59 Å². The van der Waals surface area contributed by atoms with E-state index in [4.69, 9.17) is 38.4 Å². The Hall–Kier alpha value is -3.73. The Labute approximate surface area is 329 Å². The molecule has 2 amide bonds. The van der Waals surface area contributed by atoms with Gasteiger partial charge in [0.2, 0.25) is 12.1 Å². The molecule has 2 aliphatic heterocycles. The molecule has 7 unspecified atom stereocenters. The first-order chi connectivity index (χ1) is 27.3. The number of allylic oxidation sites excluding steroid dienone is 1. The predicted molar refractivity (Wildman–Crippen MR) is 206 cm³/mol. The van der Waals surface area contributed by atoms with Crippen LogP contribution in [0.2, 0.25) is 0 Å². The van der Waals surface area contributed by atoms with Crippen molar-refractivity contribution in [2.45, 2.75) is 95.2 Å². The van der Waals surface area contributed by atoms with Gasteiger partial charge in [-0.1, -0.05) is 30.1 Å². The summed E-state index contributed by atoms with van der Waals surface area (Å²) in [5.41, 5.74) is 2.29. The van der Waals surface area contributed by atoms with Crippen molar-refractivity contribution in [3.8, 4) is 11.5 Å². The van der Waals surface area contributed by atoms with E-state index in [-0.39, 0.29) is 70.4 Å². The largest absolute Gasteiger partial charge is 0.459 e. The molecule has 4 aliphatic rings. The van der Waals surface area contributed by atoms with E-state index >= 15 is 0 Å². The van der Waals surface area contributed by atoms with Crippen molar-refractivity contribution in [3.63, 3.8) is 0 Å². The molecule has 4 N–H and O–H groups in total. The summed E-state index contributed by atoms with van der Waals surface area (Å²) in [6, 6.07) is 4.49. The molecule has 2 heterocycles. The monoisotopic (exact) mass is 787 g/mol. The number of benzene rings is 1. The molecule has 2 fully saturated rings. The number of rotatable bonds is 21. The fraction of sp³-hybridized carbons (Fsp3) is 0.683. The Kier molecular flexibility index (Phi) is 16.8. The maximum Gasteiger partial charge on any atom is 0.412 e. The standard InChI is InChI=1S/C41H61N3O12/c1-4-21-53-41-35(44(40(49)50-3)17-23-51-24-20-47)27-33(43-56-36-14-8-11-22-52-36)31-25-28(12-6-9-18-45)30(13-7-10-19-46)37(38(31)41)32-26-29(15-16-34(32)55-41)54-39(48)42-5-2/h4,15-16,25-26,28,30,35-38,45-47H,1,5-14,17-24,27H2,2-3H3,(H,42,48). The lowest BCUT2D eigenvalue weighted by atomic mass is 9.55. The lowest BCUT2D eigenvalue weighted by molar-refractivity contribution is -0.256. The van der Waals surface area contributed by atoms with Gasteiger partial charge < -0.3 is 53.9 Å². The molecule has 5 rings (SSSR count). The second kappa shape index (κ2) is 21.7. The second-order valence-corrected chi connectivity index (χ2v) is 14.6. The van der Waals surface area contributed by atoms with Gasteiger partial charge in [-0.2, -0.15) is 0 Å². The van der Waals surface area contributed by atoms with Crippen molar-refractivity contribution < 1.29 is 58.2 Å². The lowest BCUT2D eigenvalue weighted by Gasteiger charge is -2.59. The van der Waals surface area contributed by atoms with Crippen LogP contribution in [0.5, 0.6) is 11.5 Å². The molecule has 1 saturated carbocycles. The Morgan fingerprint density at radius 3 is 2.59 bits per heavy atom. The van der Waals surface area contributed by atoms with Gasteiger partial charge in [-0.15, -0.1) is 6.58 Å². The summed E-state index contributed by atoms with van der Waals surface area (Å²) < 4.78 is 36.7. The number of nitrogens with zero attached hydrogens (tertiary/aromatic N) is 2. The Bertz CT molecular complexity index is 1500. The summed E-state index contributed by atoms with van der Waals surface area (Å²) in [6.07, 6.45) is 9.24. The number of methoxy groups -OCH3 is 1. The summed E-state index contributed by atoms with van der Waals surface area (Å²) in [6.45, 7) is 7.07. The number of fused-ring (bicyclic) bond motifs is 2. The molecule has 1 saturated heterocycles. The molecule has 312 valence electrons. The zero-order chi connectivity index (χ0) is 39.9. The van der Waals surface area contributed by atoms with E-state index in [1.165, 1.54) is 7.11 Å². The molecule has 56 heavy (non-hydrogen) atoms. The first-order valence-electron chi connectivity index (χ1n) is 20.2. The van der Waals surface area contributed by atoms with Crippen molar-refractivity contribution in [2.24, 2.45) is 22.9 Å². The molecule has 7 atom stereocenters. The number of hydrogen-bond acceptors (Lipinski definition) is 13. The van der Waals surface area contributed by atoms with Crippen molar-refractivity contribution in [2.75, 3.05) is 66.4 Å². The normalized spacial score (nSPS) is 27.2. The van der Waals surface area contributed by atoms with Gasteiger partial charge in [-0.05, 0) is 81.1 Å². The van der Waals surface area contributed by atoms with E-state index in [1.54, 1.807) is 23.1 Å². The summed E-state index contributed by atoms with van der Waals surface area (Å²) in [7, 11) is 1.32. The third kappa shape index (κ3) is 10.2. The molecule has 15 nitrogen and oxygen atoms in total. The number of aliphatic hydroxyl groups excluding tert-OH is 3. The fourth-order valence-electron chi connectivity index (χ4n) is 8.74. The number of hydrogen-bond donors (Lipinski definition) is 4. The highest BCUT2D eigenvalue weighted by molar-refractivity contribution is 6.03. The molecular weight excluding hydrogens is 726 g/mol. The quantitative estimate of drug-likeness (QED) is 0.0741. The van der Waals surface area contributed by atoms with E-state index < -0.39 is 36.2 Å². The van der Waals surface area contributed by atoms with Crippen LogP contribution in [0.3, 0.4) is 0 Å². The van der Waals surface area contributed by atoms with Crippen LogP contribution in [0.1, 0.15) is 82.6 Å². The SMILES string of the molecule is C=CCOC12Oc3ccc(OC(=O)NCC)cc3C3C(CCCCO)C(CCCCO)C=C(C(=NOC4CCCCO4)CC1N(CCOCCO)C(=O)OC)C32. The number of carbonyl (C=O) groups is 2. The summed E-state index contributed by atoms with van der Waals surface area (Å²) in [4.78, 5) is 34.2. The third-order valence-electron chi connectivity index (χ3n) is 11.1. The van der Waals surface area contributed by atoms with Crippen molar-refractivity contribution in [1.82, 2.24) is 10.2 Å². The minimum absolute atomic E-state index is 0.0174. The van der Waals surface area contributed by atoms with Gasteiger partial charge in [0.15, 0.2) is 0 Å². The molecule has 0 radical (unpaired) electrons. The second-order valence-electron chi connectivity index (χ2n) is 14.6. The van der Waals surface area contributed by atoms with Crippen LogP contribution >= 0.6 is 0 Å². The molecule has 0 aromatic heterocycles.